The molecule has 1 atom stereocenters. The fourth-order valence-corrected chi connectivity index (χ4v) is 1.62. The van der Waals surface area contributed by atoms with E-state index in [-0.39, 0.29) is 0 Å². The fourth-order valence-electron chi connectivity index (χ4n) is 1.62. The predicted molar refractivity (Wildman–Crippen MR) is 59.0 cm³/mol. The summed E-state index contributed by atoms with van der Waals surface area (Å²) in [6.45, 7) is 10.4. The van der Waals surface area contributed by atoms with E-state index in [9.17, 15) is 0 Å². The van der Waals surface area contributed by atoms with Crippen molar-refractivity contribution in [3.8, 4) is 0 Å². The lowest BCUT2D eigenvalue weighted by Crippen LogP contribution is -1.94. The SMILES string of the molecule is C=C(C)CC(C)c1cccc(C)c1. The Bertz CT molecular complexity index is 297. The third kappa shape index (κ3) is 3.06. The molecule has 1 unspecified atom stereocenters. The number of hydrogen-bond donors (Lipinski definition) is 0. The molecule has 0 amide bonds. The zero-order valence-electron chi connectivity index (χ0n) is 8.80. The van der Waals surface area contributed by atoms with Crippen molar-refractivity contribution in [3.05, 3.63) is 47.5 Å². The molecular weight excluding hydrogens is 156 g/mol. The Hall–Kier alpha value is -1.04. The number of rotatable bonds is 3. The molecule has 70 valence electrons. The maximum atomic E-state index is 3.94. The average Bonchev–Trinajstić information content (AvgIpc) is 2.03. The molecule has 13 heavy (non-hydrogen) atoms. The normalized spacial score (nSPS) is 12.5. The molecule has 1 aromatic rings. The van der Waals surface area contributed by atoms with Crippen molar-refractivity contribution in [1.29, 1.82) is 0 Å². The maximum Gasteiger partial charge on any atom is -0.0153 e. The summed E-state index contributed by atoms with van der Waals surface area (Å²) in [5.74, 6) is 0.595. The topological polar surface area (TPSA) is 0 Å². The second-order valence-electron chi connectivity index (χ2n) is 3.98. The Morgan fingerprint density at radius 3 is 2.69 bits per heavy atom. The Labute approximate surface area is 81.3 Å². The first-order valence-corrected chi connectivity index (χ1v) is 4.80. The average molecular weight is 174 g/mol. The summed E-state index contributed by atoms with van der Waals surface area (Å²) in [4.78, 5) is 0. The van der Waals surface area contributed by atoms with Crippen molar-refractivity contribution in [3.63, 3.8) is 0 Å². The van der Waals surface area contributed by atoms with Gasteiger partial charge >= 0.3 is 0 Å². The van der Waals surface area contributed by atoms with Crippen LogP contribution in [0.15, 0.2) is 36.4 Å². The summed E-state index contributed by atoms with van der Waals surface area (Å²) in [5, 5.41) is 0. The van der Waals surface area contributed by atoms with Crippen molar-refractivity contribution < 1.29 is 0 Å². The van der Waals surface area contributed by atoms with Gasteiger partial charge in [0.05, 0.1) is 0 Å². The smallest absolute Gasteiger partial charge is 0.0153 e. The van der Waals surface area contributed by atoms with E-state index in [1.807, 2.05) is 0 Å². The van der Waals surface area contributed by atoms with Gasteiger partial charge in [0.1, 0.15) is 0 Å². The highest BCUT2D eigenvalue weighted by Gasteiger charge is 2.04. The van der Waals surface area contributed by atoms with Gasteiger partial charge < -0.3 is 0 Å². The van der Waals surface area contributed by atoms with Crippen LogP contribution in [0, 0.1) is 6.92 Å². The molecule has 0 aliphatic carbocycles. The van der Waals surface area contributed by atoms with E-state index in [1.165, 1.54) is 16.7 Å². The predicted octanol–water partition coefficient (Wildman–Crippen LogP) is 4.06. The molecule has 0 saturated heterocycles. The summed E-state index contributed by atoms with van der Waals surface area (Å²) in [5.41, 5.74) is 4.02. The zero-order valence-corrected chi connectivity index (χ0v) is 8.80. The molecule has 0 spiro atoms. The molecule has 0 heteroatoms. The van der Waals surface area contributed by atoms with E-state index in [1.54, 1.807) is 0 Å². The van der Waals surface area contributed by atoms with Crippen LogP contribution in [0.3, 0.4) is 0 Å². The van der Waals surface area contributed by atoms with Gasteiger partial charge in [0, 0.05) is 0 Å². The molecular formula is C13H18. The second kappa shape index (κ2) is 4.27. The van der Waals surface area contributed by atoms with Gasteiger partial charge in [-0.2, -0.15) is 0 Å². The molecule has 0 nitrogen and oxygen atoms in total. The van der Waals surface area contributed by atoms with Gasteiger partial charge in [-0.15, -0.1) is 6.58 Å². The molecule has 1 aromatic carbocycles. The molecule has 0 N–H and O–H groups in total. The first-order valence-electron chi connectivity index (χ1n) is 4.80. The second-order valence-corrected chi connectivity index (χ2v) is 3.98. The minimum Gasteiger partial charge on any atom is -0.100 e. The first-order chi connectivity index (χ1) is 6.09. The van der Waals surface area contributed by atoms with E-state index in [2.05, 4.69) is 51.6 Å². The maximum absolute atomic E-state index is 3.94. The van der Waals surface area contributed by atoms with Crippen LogP contribution in [0.5, 0.6) is 0 Å². The Morgan fingerprint density at radius 2 is 2.15 bits per heavy atom. The lowest BCUT2D eigenvalue weighted by Gasteiger charge is -2.11. The van der Waals surface area contributed by atoms with E-state index in [0.29, 0.717) is 5.92 Å². The van der Waals surface area contributed by atoms with Crippen molar-refractivity contribution in [2.45, 2.75) is 33.1 Å². The summed E-state index contributed by atoms with van der Waals surface area (Å²) >= 11 is 0. The Kier molecular flexibility index (Phi) is 3.30. The van der Waals surface area contributed by atoms with Crippen molar-refractivity contribution in [1.82, 2.24) is 0 Å². The van der Waals surface area contributed by atoms with E-state index < -0.39 is 0 Å². The van der Waals surface area contributed by atoms with Gasteiger partial charge in [-0.25, -0.2) is 0 Å². The van der Waals surface area contributed by atoms with Crippen LogP contribution in [0.25, 0.3) is 0 Å². The number of aryl methyl sites for hydroxylation is 1. The van der Waals surface area contributed by atoms with Crippen LogP contribution in [0.1, 0.15) is 37.3 Å². The molecule has 0 fully saturated rings. The van der Waals surface area contributed by atoms with Gasteiger partial charge in [0.25, 0.3) is 0 Å². The standard InChI is InChI=1S/C13H18/c1-10(2)8-12(4)13-7-5-6-11(3)9-13/h5-7,9,12H,1,8H2,2-4H3. The van der Waals surface area contributed by atoms with E-state index in [0.717, 1.165) is 6.42 Å². The van der Waals surface area contributed by atoms with Crippen LogP contribution in [-0.4, -0.2) is 0 Å². The molecule has 0 radical (unpaired) electrons. The van der Waals surface area contributed by atoms with Crippen molar-refractivity contribution in [2.75, 3.05) is 0 Å². The third-order valence-electron chi connectivity index (χ3n) is 2.27. The minimum atomic E-state index is 0.595. The van der Waals surface area contributed by atoms with Gasteiger partial charge in [-0.1, -0.05) is 42.3 Å². The van der Waals surface area contributed by atoms with Crippen molar-refractivity contribution >= 4 is 0 Å². The molecule has 0 aliphatic rings. The molecule has 0 aromatic heterocycles. The molecule has 0 saturated carbocycles. The number of benzene rings is 1. The van der Waals surface area contributed by atoms with Gasteiger partial charge in [-0.3, -0.25) is 0 Å². The van der Waals surface area contributed by atoms with E-state index in [4.69, 9.17) is 0 Å². The van der Waals surface area contributed by atoms with Gasteiger partial charge in [-0.05, 0) is 31.7 Å². The van der Waals surface area contributed by atoms with Crippen LogP contribution >= 0.6 is 0 Å². The first kappa shape index (κ1) is 10.0. The summed E-state index contributed by atoms with van der Waals surface area (Å²) in [6.07, 6.45) is 1.09. The fraction of sp³-hybridized carbons (Fsp3) is 0.385. The third-order valence-corrected chi connectivity index (χ3v) is 2.27. The monoisotopic (exact) mass is 174 g/mol. The van der Waals surface area contributed by atoms with Crippen LogP contribution in [-0.2, 0) is 0 Å². The minimum absolute atomic E-state index is 0.595. The molecule has 0 bridgehead atoms. The number of allylic oxidation sites excluding steroid dienone is 1. The van der Waals surface area contributed by atoms with Crippen LogP contribution in [0.4, 0.5) is 0 Å². The summed E-state index contributed by atoms with van der Waals surface area (Å²) < 4.78 is 0. The van der Waals surface area contributed by atoms with Gasteiger partial charge in [0.15, 0.2) is 0 Å². The highest BCUT2D eigenvalue weighted by molar-refractivity contribution is 5.25. The van der Waals surface area contributed by atoms with E-state index >= 15 is 0 Å². The van der Waals surface area contributed by atoms with Crippen molar-refractivity contribution in [2.24, 2.45) is 0 Å². The molecule has 1 rings (SSSR count). The lowest BCUT2D eigenvalue weighted by molar-refractivity contribution is 0.752. The summed E-state index contributed by atoms with van der Waals surface area (Å²) in [6, 6.07) is 8.71. The summed E-state index contributed by atoms with van der Waals surface area (Å²) in [7, 11) is 0. The Morgan fingerprint density at radius 1 is 1.46 bits per heavy atom. The quantitative estimate of drug-likeness (QED) is 0.606. The van der Waals surface area contributed by atoms with Gasteiger partial charge in [0.2, 0.25) is 0 Å². The van der Waals surface area contributed by atoms with Crippen LogP contribution in [0.2, 0.25) is 0 Å². The molecule has 0 aliphatic heterocycles. The lowest BCUT2D eigenvalue weighted by atomic mass is 9.94. The zero-order chi connectivity index (χ0) is 9.84. The number of hydrogen-bond acceptors (Lipinski definition) is 0. The highest BCUT2D eigenvalue weighted by atomic mass is 14.1. The van der Waals surface area contributed by atoms with Crippen LogP contribution < -0.4 is 0 Å². The Balaban J connectivity index is 2.76. The highest BCUT2D eigenvalue weighted by Crippen LogP contribution is 2.22. The largest absolute Gasteiger partial charge is 0.100 e. The molecule has 0 heterocycles.